The van der Waals surface area contributed by atoms with Gasteiger partial charge in [-0.25, -0.2) is 13.2 Å². The quantitative estimate of drug-likeness (QED) is 0.472. The Balaban J connectivity index is 1.18. The van der Waals surface area contributed by atoms with Crippen LogP contribution in [-0.4, -0.2) is 92.2 Å². The number of sulfonamides is 1. The molecule has 3 saturated heterocycles. The van der Waals surface area contributed by atoms with Crippen molar-refractivity contribution in [2.75, 3.05) is 39.9 Å². The molecule has 38 heavy (non-hydrogen) atoms. The van der Waals surface area contributed by atoms with Gasteiger partial charge in [-0.3, -0.25) is 0 Å². The Morgan fingerprint density at radius 3 is 2.26 bits per heavy atom. The summed E-state index contributed by atoms with van der Waals surface area (Å²) in [5, 5.41) is 0.504. The first-order chi connectivity index (χ1) is 18.2. The molecule has 1 saturated carbocycles. The molecule has 1 aromatic carbocycles. The predicted molar refractivity (Wildman–Crippen MR) is 147 cm³/mol. The highest BCUT2D eigenvalue weighted by molar-refractivity contribution is 7.89. The number of ether oxygens (including phenoxy) is 2. The molecule has 1 aromatic rings. The Kier molecular flexibility index (Phi) is 8.60. The van der Waals surface area contributed by atoms with Crippen LogP contribution in [0.2, 0.25) is 5.02 Å². The van der Waals surface area contributed by atoms with Crippen LogP contribution in [0.3, 0.4) is 0 Å². The molecule has 3 heterocycles. The number of carbonyl (C=O) groups is 1. The summed E-state index contributed by atoms with van der Waals surface area (Å²) in [6.45, 7) is 5.68. The van der Waals surface area contributed by atoms with E-state index in [-0.39, 0.29) is 35.3 Å². The first-order valence-corrected chi connectivity index (χ1v) is 16.0. The van der Waals surface area contributed by atoms with Gasteiger partial charge in [0, 0.05) is 50.4 Å². The number of likely N-dealkylation sites (tertiary alicyclic amines) is 2. The van der Waals surface area contributed by atoms with Crippen LogP contribution in [0, 0.1) is 5.92 Å². The van der Waals surface area contributed by atoms with Crippen molar-refractivity contribution >= 4 is 27.7 Å². The molecule has 0 aromatic heterocycles. The molecule has 5 rings (SSSR count). The lowest BCUT2D eigenvalue weighted by Gasteiger charge is -2.44. The summed E-state index contributed by atoms with van der Waals surface area (Å²) < 4.78 is 40.7. The Hall–Kier alpha value is -1.39. The Bertz CT molecular complexity index is 1060. The van der Waals surface area contributed by atoms with Crippen LogP contribution in [0.4, 0.5) is 4.79 Å². The normalized spacial score (nSPS) is 27.8. The summed E-state index contributed by atoms with van der Waals surface area (Å²) in [7, 11) is -1.93. The number of hydrogen-bond donors (Lipinski definition) is 0. The molecule has 0 unspecified atom stereocenters. The smallest absolute Gasteiger partial charge is 0.409 e. The first kappa shape index (κ1) is 28.1. The van der Waals surface area contributed by atoms with Gasteiger partial charge in [0.2, 0.25) is 10.0 Å². The van der Waals surface area contributed by atoms with Crippen LogP contribution in [0.15, 0.2) is 29.2 Å². The molecule has 0 N–H and O–H groups in total. The van der Waals surface area contributed by atoms with Gasteiger partial charge in [-0.15, -0.1) is 0 Å². The molecule has 0 radical (unpaired) electrons. The average Bonchev–Trinajstić information content (AvgIpc) is 3.78. The number of piperidine rings is 3. The fraction of sp³-hybridized carbons (Fsp3) is 0.750. The maximum atomic E-state index is 13.8. The molecule has 4 fully saturated rings. The van der Waals surface area contributed by atoms with Gasteiger partial charge in [0.1, 0.15) is 6.61 Å². The van der Waals surface area contributed by atoms with Gasteiger partial charge >= 0.3 is 6.09 Å². The standard InChI is InChI=1S/C28H42ClN3O5S/c1-28(36-2)14-18-30(19-15-28)23-12-16-31(17-13-23)27(33)37-20-24-4-3-5-26(21-6-7-21)32(24)38(34,35)25-10-8-22(29)9-11-25/h8-11,21,23-24,26H,3-7,12-20H2,1-2H3/t24-,26+/m1/s1. The monoisotopic (exact) mass is 567 g/mol. The minimum atomic E-state index is -3.73. The van der Waals surface area contributed by atoms with E-state index in [0.29, 0.717) is 36.5 Å². The molecular weight excluding hydrogens is 526 g/mol. The number of benzene rings is 1. The van der Waals surface area contributed by atoms with Crippen molar-refractivity contribution in [1.82, 2.24) is 14.1 Å². The molecule has 4 aliphatic rings. The van der Waals surface area contributed by atoms with Gasteiger partial charge < -0.3 is 19.3 Å². The molecule has 212 valence electrons. The first-order valence-electron chi connectivity index (χ1n) is 14.2. The zero-order valence-corrected chi connectivity index (χ0v) is 24.3. The van der Waals surface area contributed by atoms with Crippen LogP contribution in [0.1, 0.15) is 64.7 Å². The molecule has 0 spiro atoms. The number of rotatable bonds is 7. The van der Waals surface area contributed by atoms with E-state index in [1.165, 1.54) is 0 Å². The van der Waals surface area contributed by atoms with Gasteiger partial charge in [-0.1, -0.05) is 18.0 Å². The number of carbonyl (C=O) groups excluding carboxylic acids is 1. The van der Waals surface area contributed by atoms with E-state index >= 15 is 0 Å². The number of nitrogens with zero attached hydrogens (tertiary/aromatic N) is 3. The van der Waals surface area contributed by atoms with Gasteiger partial charge in [-0.05, 0) is 88.5 Å². The Morgan fingerprint density at radius 2 is 1.66 bits per heavy atom. The van der Waals surface area contributed by atoms with E-state index in [1.54, 1.807) is 40.6 Å². The molecule has 0 bridgehead atoms. The predicted octanol–water partition coefficient (Wildman–Crippen LogP) is 4.76. The lowest BCUT2D eigenvalue weighted by atomic mass is 9.91. The van der Waals surface area contributed by atoms with Crippen LogP contribution in [0.25, 0.3) is 0 Å². The van der Waals surface area contributed by atoms with E-state index in [9.17, 15) is 13.2 Å². The molecule has 10 heteroatoms. The van der Waals surface area contributed by atoms with E-state index in [0.717, 1.165) is 64.5 Å². The third kappa shape index (κ3) is 6.17. The van der Waals surface area contributed by atoms with Crippen molar-refractivity contribution in [3.63, 3.8) is 0 Å². The number of halogens is 1. The highest BCUT2D eigenvalue weighted by Gasteiger charge is 2.46. The van der Waals surface area contributed by atoms with Crippen LogP contribution in [0.5, 0.6) is 0 Å². The molecular formula is C28H42ClN3O5S. The third-order valence-corrected chi connectivity index (χ3v) is 11.5. The average molecular weight is 568 g/mol. The van der Waals surface area contributed by atoms with Crippen molar-refractivity contribution in [3.8, 4) is 0 Å². The maximum Gasteiger partial charge on any atom is 0.409 e. The van der Waals surface area contributed by atoms with Crippen molar-refractivity contribution < 1.29 is 22.7 Å². The Labute approximate surface area is 232 Å². The van der Waals surface area contributed by atoms with Crippen molar-refractivity contribution in [2.45, 2.75) is 93.3 Å². The summed E-state index contributed by atoms with van der Waals surface area (Å²) in [4.78, 5) is 17.6. The summed E-state index contributed by atoms with van der Waals surface area (Å²) in [5.41, 5.74) is -0.0203. The largest absolute Gasteiger partial charge is 0.448 e. The minimum absolute atomic E-state index is 0.0203. The van der Waals surface area contributed by atoms with E-state index in [1.807, 2.05) is 0 Å². The minimum Gasteiger partial charge on any atom is -0.448 e. The number of hydrogen-bond acceptors (Lipinski definition) is 6. The van der Waals surface area contributed by atoms with Gasteiger partial charge in [0.05, 0.1) is 16.5 Å². The fourth-order valence-corrected chi connectivity index (χ4v) is 8.55. The SMILES string of the molecule is COC1(C)CCN(C2CCN(C(=O)OC[C@H]3CCC[C@@H](C4CC4)N3S(=O)(=O)c3ccc(Cl)cc3)CC2)CC1. The summed E-state index contributed by atoms with van der Waals surface area (Å²) >= 11 is 6.02. The summed E-state index contributed by atoms with van der Waals surface area (Å²) in [6, 6.07) is 6.47. The van der Waals surface area contributed by atoms with Crippen molar-refractivity contribution in [1.29, 1.82) is 0 Å². The zero-order valence-electron chi connectivity index (χ0n) is 22.7. The van der Waals surface area contributed by atoms with Crippen molar-refractivity contribution in [3.05, 3.63) is 29.3 Å². The lowest BCUT2D eigenvalue weighted by Crippen LogP contribution is -2.54. The molecule has 2 atom stereocenters. The van der Waals surface area contributed by atoms with E-state index < -0.39 is 10.0 Å². The second kappa shape index (κ2) is 11.6. The second-order valence-electron chi connectivity index (χ2n) is 11.8. The van der Waals surface area contributed by atoms with Crippen LogP contribution < -0.4 is 0 Å². The Morgan fingerprint density at radius 1 is 1.00 bits per heavy atom. The topological polar surface area (TPSA) is 79.4 Å². The number of methoxy groups -OCH3 is 1. The van der Waals surface area contributed by atoms with Gasteiger partial charge in [0.25, 0.3) is 0 Å². The summed E-state index contributed by atoms with van der Waals surface area (Å²) in [6.07, 6.45) is 8.21. The van der Waals surface area contributed by atoms with Crippen LogP contribution in [-0.2, 0) is 19.5 Å². The zero-order chi connectivity index (χ0) is 26.9. The van der Waals surface area contributed by atoms with Crippen molar-refractivity contribution in [2.24, 2.45) is 5.92 Å². The number of amides is 1. The lowest BCUT2D eigenvalue weighted by molar-refractivity contribution is -0.0547. The maximum absolute atomic E-state index is 13.8. The fourth-order valence-electron chi connectivity index (χ4n) is 6.51. The third-order valence-electron chi connectivity index (χ3n) is 9.27. The molecule has 3 aliphatic heterocycles. The molecule has 8 nitrogen and oxygen atoms in total. The molecule has 1 aliphatic carbocycles. The highest BCUT2D eigenvalue weighted by Crippen LogP contribution is 2.43. The van der Waals surface area contributed by atoms with E-state index in [4.69, 9.17) is 21.1 Å². The summed E-state index contributed by atoms with van der Waals surface area (Å²) in [5.74, 6) is 0.395. The van der Waals surface area contributed by atoms with Gasteiger partial charge in [0.15, 0.2) is 0 Å². The highest BCUT2D eigenvalue weighted by atomic mass is 35.5. The van der Waals surface area contributed by atoms with Gasteiger partial charge in [-0.2, -0.15) is 4.31 Å². The molecule has 1 amide bonds. The second-order valence-corrected chi connectivity index (χ2v) is 14.0. The van der Waals surface area contributed by atoms with E-state index in [2.05, 4.69) is 11.8 Å². The van der Waals surface area contributed by atoms with Crippen LogP contribution >= 0.6 is 11.6 Å².